The first-order chi connectivity index (χ1) is 8.86. The van der Waals surface area contributed by atoms with Crippen molar-refractivity contribution in [3.63, 3.8) is 0 Å². The third-order valence-corrected chi connectivity index (χ3v) is 2.65. The molecular formula is C13H10N4O. The van der Waals surface area contributed by atoms with E-state index in [0.717, 1.165) is 11.3 Å². The molecule has 0 unspecified atom stereocenters. The first-order valence-electron chi connectivity index (χ1n) is 5.45. The van der Waals surface area contributed by atoms with Crippen molar-refractivity contribution >= 4 is 0 Å². The standard InChI is InChI=1S/C13H10N4O/c18-12-5-1-3-9(11-7-14-8-15-11)13(12)10-4-2-6-16-17-10/h1-8,18H,(H,14,15). The molecule has 0 bridgehead atoms. The Morgan fingerprint density at radius 2 is 2.00 bits per heavy atom. The molecule has 3 aromatic rings. The van der Waals surface area contributed by atoms with E-state index in [1.165, 1.54) is 0 Å². The van der Waals surface area contributed by atoms with Gasteiger partial charge in [-0.15, -0.1) is 0 Å². The summed E-state index contributed by atoms with van der Waals surface area (Å²) in [6.07, 6.45) is 4.96. The molecule has 0 saturated carbocycles. The highest BCUT2D eigenvalue weighted by atomic mass is 16.3. The van der Waals surface area contributed by atoms with Crippen LogP contribution in [-0.2, 0) is 0 Å². The fourth-order valence-corrected chi connectivity index (χ4v) is 1.87. The second-order valence-electron chi connectivity index (χ2n) is 3.76. The predicted molar refractivity (Wildman–Crippen MR) is 66.7 cm³/mol. The molecule has 1 aromatic carbocycles. The summed E-state index contributed by atoms with van der Waals surface area (Å²) in [5.74, 6) is 0.163. The minimum Gasteiger partial charge on any atom is -0.507 e. The van der Waals surface area contributed by atoms with Crippen LogP contribution >= 0.6 is 0 Å². The number of imidazole rings is 1. The van der Waals surface area contributed by atoms with Gasteiger partial charge in [0.15, 0.2) is 0 Å². The van der Waals surface area contributed by atoms with Gasteiger partial charge in [-0.2, -0.15) is 10.2 Å². The van der Waals surface area contributed by atoms with Crippen molar-refractivity contribution < 1.29 is 5.11 Å². The number of benzene rings is 1. The zero-order valence-electron chi connectivity index (χ0n) is 9.41. The van der Waals surface area contributed by atoms with Gasteiger partial charge < -0.3 is 10.1 Å². The lowest BCUT2D eigenvalue weighted by molar-refractivity contribution is 0.477. The molecule has 2 aromatic heterocycles. The summed E-state index contributed by atoms with van der Waals surface area (Å²) in [4.78, 5) is 7.10. The zero-order chi connectivity index (χ0) is 12.4. The van der Waals surface area contributed by atoms with E-state index >= 15 is 0 Å². The molecule has 0 aliphatic heterocycles. The monoisotopic (exact) mass is 238 g/mol. The van der Waals surface area contributed by atoms with Crippen molar-refractivity contribution in [2.75, 3.05) is 0 Å². The third-order valence-electron chi connectivity index (χ3n) is 2.65. The van der Waals surface area contributed by atoms with E-state index < -0.39 is 0 Å². The van der Waals surface area contributed by atoms with Crippen LogP contribution in [0, 0.1) is 0 Å². The number of nitrogens with zero attached hydrogens (tertiary/aromatic N) is 3. The number of phenols is 1. The van der Waals surface area contributed by atoms with Gasteiger partial charge in [-0.3, -0.25) is 0 Å². The Hall–Kier alpha value is -2.69. The molecule has 18 heavy (non-hydrogen) atoms. The molecule has 0 spiro atoms. The molecule has 0 aliphatic rings. The van der Waals surface area contributed by atoms with Gasteiger partial charge in [-0.1, -0.05) is 12.1 Å². The van der Waals surface area contributed by atoms with E-state index in [9.17, 15) is 5.11 Å². The van der Waals surface area contributed by atoms with E-state index in [4.69, 9.17) is 0 Å². The Bertz CT molecular complexity index is 650. The van der Waals surface area contributed by atoms with Crippen LogP contribution in [0.2, 0.25) is 0 Å². The van der Waals surface area contributed by atoms with Gasteiger partial charge in [0.2, 0.25) is 0 Å². The molecule has 5 heteroatoms. The van der Waals surface area contributed by atoms with Crippen LogP contribution in [0.15, 0.2) is 49.1 Å². The number of hydrogen-bond donors (Lipinski definition) is 2. The highest BCUT2D eigenvalue weighted by Crippen LogP contribution is 2.36. The Balaban J connectivity index is 2.25. The highest BCUT2D eigenvalue weighted by molar-refractivity contribution is 5.84. The van der Waals surface area contributed by atoms with Gasteiger partial charge in [-0.25, -0.2) is 4.98 Å². The van der Waals surface area contributed by atoms with E-state index in [-0.39, 0.29) is 5.75 Å². The molecule has 2 heterocycles. The quantitative estimate of drug-likeness (QED) is 0.718. The summed E-state index contributed by atoms with van der Waals surface area (Å²) in [7, 11) is 0. The van der Waals surface area contributed by atoms with E-state index in [2.05, 4.69) is 20.2 Å². The van der Waals surface area contributed by atoms with E-state index in [1.807, 2.05) is 6.07 Å². The number of aromatic amines is 1. The maximum atomic E-state index is 10.0. The summed E-state index contributed by atoms with van der Waals surface area (Å²) in [6.45, 7) is 0. The average molecular weight is 238 g/mol. The number of aromatic hydroxyl groups is 1. The summed E-state index contributed by atoms with van der Waals surface area (Å²) < 4.78 is 0. The molecule has 3 rings (SSSR count). The second kappa shape index (κ2) is 4.29. The average Bonchev–Trinajstić information content (AvgIpc) is 2.93. The summed E-state index contributed by atoms with van der Waals surface area (Å²) in [6, 6.07) is 8.88. The number of hydrogen-bond acceptors (Lipinski definition) is 4. The summed E-state index contributed by atoms with van der Waals surface area (Å²) in [5.41, 5.74) is 2.83. The first kappa shape index (κ1) is 10.5. The number of H-pyrrole nitrogens is 1. The molecule has 2 N–H and O–H groups in total. The molecule has 88 valence electrons. The Kier molecular flexibility index (Phi) is 2.49. The fraction of sp³-hybridized carbons (Fsp3) is 0. The first-order valence-corrected chi connectivity index (χ1v) is 5.45. The minimum atomic E-state index is 0.163. The number of rotatable bonds is 2. The largest absolute Gasteiger partial charge is 0.507 e. The summed E-state index contributed by atoms with van der Waals surface area (Å²) >= 11 is 0. The van der Waals surface area contributed by atoms with Gasteiger partial charge in [0.1, 0.15) is 5.75 Å². The molecule has 0 atom stereocenters. The highest BCUT2D eigenvalue weighted by Gasteiger charge is 2.14. The molecule has 0 aliphatic carbocycles. The lowest BCUT2D eigenvalue weighted by Gasteiger charge is -2.08. The van der Waals surface area contributed by atoms with Crippen molar-refractivity contribution in [2.45, 2.75) is 0 Å². The number of nitrogens with one attached hydrogen (secondary N) is 1. The molecule has 0 fully saturated rings. The summed E-state index contributed by atoms with van der Waals surface area (Å²) in [5, 5.41) is 17.9. The SMILES string of the molecule is Oc1cccc(-c2c[nH]cn2)c1-c1cccnn1. The minimum absolute atomic E-state index is 0.163. The van der Waals surface area contributed by atoms with E-state index in [1.54, 1.807) is 43.0 Å². The Morgan fingerprint density at radius 3 is 2.72 bits per heavy atom. The predicted octanol–water partition coefficient (Wildman–Crippen LogP) is 2.24. The topological polar surface area (TPSA) is 74.7 Å². The van der Waals surface area contributed by atoms with Crippen molar-refractivity contribution in [1.29, 1.82) is 0 Å². The van der Waals surface area contributed by atoms with Crippen LogP contribution in [0.3, 0.4) is 0 Å². The number of phenolic OH excluding ortho intramolecular Hbond substituents is 1. The van der Waals surface area contributed by atoms with Crippen LogP contribution in [0.25, 0.3) is 22.5 Å². The van der Waals surface area contributed by atoms with Crippen molar-refractivity contribution in [3.05, 3.63) is 49.1 Å². The van der Waals surface area contributed by atoms with Crippen LogP contribution in [0.4, 0.5) is 0 Å². The third kappa shape index (κ3) is 1.71. The van der Waals surface area contributed by atoms with Gasteiger partial charge in [0, 0.05) is 18.0 Å². The Labute approximate surface area is 103 Å². The van der Waals surface area contributed by atoms with Crippen molar-refractivity contribution in [1.82, 2.24) is 20.2 Å². The van der Waals surface area contributed by atoms with Gasteiger partial charge in [0.25, 0.3) is 0 Å². The molecule has 0 radical (unpaired) electrons. The molecule has 5 nitrogen and oxygen atoms in total. The van der Waals surface area contributed by atoms with Crippen molar-refractivity contribution in [3.8, 4) is 28.3 Å². The van der Waals surface area contributed by atoms with Gasteiger partial charge >= 0.3 is 0 Å². The fourth-order valence-electron chi connectivity index (χ4n) is 1.87. The molecule has 0 saturated heterocycles. The van der Waals surface area contributed by atoms with Gasteiger partial charge in [-0.05, 0) is 18.2 Å². The van der Waals surface area contributed by atoms with Crippen LogP contribution in [0.1, 0.15) is 0 Å². The van der Waals surface area contributed by atoms with Gasteiger partial charge in [0.05, 0.1) is 23.3 Å². The van der Waals surface area contributed by atoms with Crippen LogP contribution < -0.4 is 0 Å². The molecular weight excluding hydrogens is 228 g/mol. The van der Waals surface area contributed by atoms with E-state index in [0.29, 0.717) is 11.3 Å². The maximum Gasteiger partial charge on any atom is 0.125 e. The molecule has 0 amide bonds. The lowest BCUT2D eigenvalue weighted by Crippen LogP contribution is -1.90. The zero-order valence-corrected chi connectivity index (χ0v) is 9.41. The second-order valence-corrected chi connectivity index (χ2v) is 3.76. The maximum absolute atomic E-state index is 10.0. The number of aromatic nitrogens is 4. The lowest BCUT2D eigenvalue weighted by atomic mass is 10.0. The van der Waals surface area contributed by atoms with Crippen LogP contribution in [0.5, 0.6) is 5.75 Å². The normalized spacial score (nSPS) is 10.4. The van der Waals surface area contributed by atoms with Crippen LogP contribution in [-0.4, -0.2) is 25.3 Å². The van der Waals surface area contributed by atoms with Crippen molar-refractivity contribution in [2.24, 2.45) is 0 Å². The Morgan fingerprint density at radius 1 is 1.06 bits per heavy atom. The smallest absolute Gasteiger partial charge is 0.125 e.